The summed E-state index contributed by atoms with van der Waals surface area (Å²) in [5.74, 6) is -0.429. The molecule has 0 bridgehead atoms. The third-order valence-electron chi connectivity index (χ3n) is 1.25. The van der Waals surface area contributed by atoms with Crippen LogP contribution in [0.1, 0.15) is 6.42 Å². The van der Waals surface area contributed by atoms with Crippen molar-refractivity contribution in [3.05, 3.63) is 0 Å². The van der Waals surface area contributed by atoms with Crippen molar-refractivity contribution >= 4 is 5.91 Å². The second-order valence-electron chi connectivity index (χ2n) is 2.60. The van der Waals surface area contributed by atoms with E-state index in [1.54, 1.807) is 0 Å². The lowest BCUT2D eigenvalue weighted by molar-refractivity contribution is -0.119. The van der Waals surface area contributed by atoms with E-state index < -0.39 is 11.9 Å². The van der Waals surface area contributed by atoms with Crippen LogP contribution in [0.2, 0.25) is 0 Å². The number of carbonyl (C=O) groups is 1. The molecule has 1 atom stereocenters. The van der Waals surface area contributed by atoms with E-state index in [1.165, 1.54) is 0 Å². The smallest absolute Gasteiger partial charge is 0.234 e. The topological polar surface area (TPSA) is 72.3 Å². The molecule has 4 nitrogen and oxygen atoms in total. The van der Waals surface area contributed by atoms with Crippen LogP contribution in [0.15, 0.2) is 0 Å². The molecule has 0 fully saturated rings. The van der Waals surface area contributed by atoms with Gasteiger partial charge < -0.3 is 16.4 Å². The summed E-state index contributed by atoms with van der Waals surface area (Å²) in [6.07, 6.45) is 0.627. The molecule has 4 heteroatoms. The Bertz CT molecular complexity index is 114. The fourth-order valence-electron chi connectivity index (χ4n) is 0.540. The average Bonchev–Trinajstić information content (AvgIpc) is 1.82. The van der Waals surface area contributed by atoms with Gasteiger partial charge in [-0.1, -0.05) is 0 Å². The van der Waals surface area contributed by atoms with Gasteiger partial charge in [-0.2, -0.15) is 0 Å². The molecule has 10 heavy (non-hydrogen) atoms. The highest BCUT2D eigenvalue weighted by atomic mass is 16.1. The first-order valence-electron chi connectivity index (χ1n) is 3.23. The Morgan fingerprint density at radius 2 is 2.10 bits per heavy atom. The molecule has 0 saturated carbocycles. The van der Waals surface area contributed by atoms with Crippen molar-refractivity contribution in [1.29, 1.82) is 0 Å². The molecule has 0 aliphatic rings. The lowest BCUT2D eigenvalue weighted by Gasteiger charge is -2.11. The van der Waals surface area contributed by atoms with Crippen LogP contribution in [-0.4, -0.2) is 37.5 Å². The number of primary amides is 1. The Hall–Kier alpha value is -0.610. The molecule has 0 aliphatic heterocycles. The van der Waals surface area contributed by atoms with Crippen LogP contribution in [0.5, 0.6) is 0 Å². The SMILES string of the molecule is CN(C)CCC(N)C(N)=O. The molecule has 0 aromatic heterocycles. The number of amides is 1. The number of hydrogen-bond donors (Lipinski definition) is 2. The van der Waals surface area contributed by atoms with Crippen molar-refractivity contribution in [1.82, 2.24) is 4.90 Å². The van der Waals surface area contributed by atoms with E-state index in [1.807, 2.05) is 19.0 Å². The van der Waals surface area contributed by atoms with Gasteiger partial charge in [0.2, 0.25) is 5.91 Å². The zero-order valence-corrected chi connectivity index (χ0v) is 6.50. The summed E-state index contributed by atoms with van der Waals surface area (Å²) >= 11 is 0. The summed E-state index contributed by atoms with van der Waals surface area (Å²) in [7, 11) is 3.85. The lowest BCUT2D eigenvalue weighted by atomic mass is 10.2. The summed E-state index contributed by atoms with van der Waals surface area (Å²) in [6.45, 7) is 0.796. The average molecular weight is 145 g/mol. The predicted octanol–water partition coefficient (Wildman–Crippen LogP) is -1.25. The van der Waals surface area contributed by atoms with Crippen molar-refractivity contribution in [2.75, 3.05) is 20.6 Å². The maximum atomic E-state index is 10.4. The van der Waals surface area contributed by atoms with Gasteiger partial charge in [0.25, 0.3) is 0 Å². The summed E-state index contributed by atoms with van der Waals surface area (Å²) in [6, 6.07) is -0.498. The van der Waals surface area contributed by atoms with Crippen LogP contribution in [0.4, 0.5) is 0 Å². The number of rotatable bonds is 4. The molecule has 0 aromatic rings. The molecule has 0 heterocycles. The molecule has 4 N–H and O–H groups in total. The zero-order chi connectivity index (χ0) is 8.15. The first-order chi connectivity index (χ1) is 4.54. The van der Waals surface area contributed by atoms with Gasteiger partial charge in [-0.15, -0.1) is 0 Å². The van der Waals surface area contributed by atoms with Gasteiger partial charge in [-0.05, 0) is 27.1 Å². The molecule has 1 unspecified atom stereocenters. The lowest BCUT2D eigenvalue weighted by Crippen LogP contribution is -2.38. The standard InChI is InChI=1S/C6H15N3O/c1-9(2)4-3-5(7)6(8)10/h5H,3-4,7H2,1-2H3,(H2,8,10). The Balaban J connectivity index is 3.40. The molecular weight excluding hydrogens is 130 g/mol. The van der Waals surface area contributed by atoms with Crippen molar-refractivity contribution < 1.29 is 4.79 Å². The highest BCUT2D eigenvalue weighted by molar-refractivity contribution is 5.79. The molecule has 0 rings (SSSR count). The van der Waals surface area contributed by atoms with Gasteiger partial charge >= 0.3 is 0 Å². The minimum atomic E-state index is -0.498. The van der Waals surface area contributed by atoms with E-state index >= 15 is 0 Å². The van der Waals surface area contributed by atoms with E-state index in [9.17, 15) is 4.79 Å². The van der Waals surface area contributed by atoms with Crippen LogP contribution < -0.4 is 11.5 Å². The van der Waals surface area contributed by atoms with Gasteiger partial charge in [-0.25, -0.2) is 0 Å². The van der Waals surface area contributed by atoms with E-state index in [0.29, 0.717) is 6.42 Å². The Labute approximate surface area is 61.2 Å². The van der Waals surface area contributed by atoms with E-state index in [-0.39, 0.29) is 0 Å². The normalized spacial score (nSPS) is 13.6. The van der Waals surface area contributed by atoms with Gasteiger partial charge in [0.15, 0.2) is 0 Å². The third-order valence-corrected chi connectivity index (χ3v) is 1.25. The number of nitrogens with two attached hydrogens (primary N) is 2. The molecule has 1 amide bonds. The zero-order valence-electron chi connectivity index (χ0n) is 6.50. The maximum absolute atomic E-state index is 10.4. The highest BCUT2D eigenvalue weighted by Gasteiger charge is 2.07. The molecule has 0 radical (unpaired) electrons. The molecule has 0 aliphatic carbocycles. The first-order valence-corrected chi connectivity index (χ1v) is 3.23. The highest BCUT2D eigenvalue weighted by Crippen LogP contribution is 1.87. The summed E-state index contributed by atoms with van der Waals surface area (Å²) in [5, 5.41) is 0. The van der Waals surface area contributed by atoms with Gasteiger partial charge in [0.1, 0.15) is 0 Å². The third kappa shape index (κ3) is 4.29. The summed E-state index contributed by atoms with van der Waals surface area (Å²) in [4.78, 5) is 12.4. The number of carbonyl (C=O) groups excluding carboxylic acids is 1. The van der Waals surface area contributed by atoms with Crippen LogP contribution in [-0.2, 0) is 4.79 Å². The number of nitrogens with zero attached hydrogens (tertiary/aromatic N) is 1. The molecule has 0 spiro atoms. The second kappa shape index (κ2) is 4.24. The predicted molar refractivity (Wildman–Crippen MR) is 40.3 cm³/mol. The molecule has 0 saturated heterocycles. The van der Waals surface area contributed by atoms with Crippen molar-refractivity contribution in [3.63, 3.8) is 0 Å². The van der Waals surface area contributed by atoms with Crippen LogP contribution in [0, 0.1) is 0 Å². The second-order valence-corrected chi connectivity index (χ2v) is 2.60. The molecule has 0 aromatic carbocycles. The molecular formula is C6H15N3O. The quantitative estimate of drug-likeness (QED) is 0.519. The van der Waals surface area contributed by atoms with Crippen molar-refractivity contribution in [2.24, 2.45) is 11.5 Å². The van der Waals surface area contributed by atoms with Crippen molar-refractivity contribution in [2.45, 2.75) is 12.5 Å². The Morgan fingerprint density at radius 1 is 1.60 bits per heavy atom. The largest absolute Gasteiger partial charge is 0.368 e. The van der Waals surface area contributed by atoms with E-state index in [0.717, 1.165) is 6.54 Å². The van der Waals surface area contributed by atoms with Gasteiger partial charge in [0, 0.05) is 0 Å². The fourth-order valence-corrected chi connectivity index (χ4v) is 0.540. The maximum Gasteiger partial charge on any atom is 0.234 e. The summed E-state index contributed by atoms with van der Waals surface area (Å²) in [5.41, 5.74) is 10.3. The Kier molecular flexibility index (Phi) is 3.99. The van der Waals surface area contributed by atoms with Crippen LogP contribution in [0.25, 0.3) is 0 Å². The van der Waals surface area contributed by atoms with Crippen molar-refractivity contribution in [3.8, 4) is 0 Å². The summed E-state index contributed by atoms with van der Waals surface area (Å²) < 4.78 is 0. The fraction of sp³-hybridized carbons (Fsp3) is 0.833. The molecule has 60 valence electrons. The minimum Gasteiger partial charge on any atom is -0.368 e. The number of hydrogen-bond acceptors (Lipinski definition) is 3. The monoisotopic (exact) mass is 145 g/mol. The first kappa shape index (κ1) is 9.39. The minimum absolute atomic E-state index is 0.429. The van der Waals surface area contributed by atoms with Gasteiger partial charge in [0.05, 0.1) is 6.04 Å². The van der Waals surface area contributed by atoms with E-state index in [2.05, 4.69) is 0 Å². The van der Waals surface area contributed by atoms with Crippen LogP contribution >= 0.6 is 0 Å². The van der Waals surface area contributed by atoms with Crippen LogP contribution in [0.3, 0.4) is 0 Å². The van der Waals surface area contributed by atoms with Gasteiger partial charge in [-0.3, -0.25) is 4.79 Å². The van der Waals surface area contributed by atoms with E-state index in [4.69, 9.17) is 11.5 Å². The Morgan fingerprint density at radius 3 is 2.40 bits per heavy atom.